The molecule has 0 saturated heterocycles. The summed E-state index contributed by atoms with van der Waals surface area (Å²) in [6.45, 7) is 0.610. The monoisotopic (exact) mass is 191 g/mol. The SMILES string of the molecule is c1ccc(COc2cnsc2)cc1. The fourth-order valence-electron chi connectivity index (χ4n) is 1.01. The van der Waals surface area contributed by atoms with E-state index in [2.05, 4.69) is 4.37 Å². The summed E-state index contributed by atoms with van der Waals surface area (Å²) >= 11 is 1.40. The minimum atomic E-state index is 0.610. The van der Waals surface area contributed by atoms with Gasteiger partial charge in [-0.3, -0.25) is 0 Å². The van der Waals surface area contributed by atoms with Gasteiger partial charge in [-0.1, -0.05) is 30.3 Å². The lowest BCUT2D eigenvalue weighted by molar-refractivity contribution is 0.307. The first-order chi connectivity index (χ1) is 6.45. The fraction of sp³-hybridized carbons (Fsp3) is 0.100. The Morgan fingerprint density at radius 1 is 1.23 bits per heavy atom. The molecule has 0 saturated carbocycles. The van der Waals surface area contributed by atoms with Crippen molar-refractivity contribution >= 4 is 11.5 Å². The number of nitrogens with zero attached hydrogens (tertiary/aromatic N) is 1. The van der Waals surface area contributed by atoms with Crippen LogP contribution in [-0.2, 0) is 6.61 Å². The lowest BCUT2D eigenvalue weighted by Crippen LogP contribution is -1.93. The summed E-state index contributed by atoms with van der Waals surface area (Å²) in [6.07, 6.45) is 1.73. The molecule has 0 aliphatic rings. The summed E-state index contributed by atoms with van der Waals surface area (Å²) in [5, 5.41) is 1.89. The molecule has 1 heterocycles. The summed E-state index contributed by atoms with van der Waals surface area (Å²) in [7, 11) is 0. The molecule has 0 amide bonds. The molecule has 1 aromatic heterocycles. The van der Waals surface area contributed by atoms with Crippen molar-refractivity contribution in [3.63, 3.8) is 0 Å². The second-order valence-corrected chi connectivity index (χ2v) is 3.29. The molecule has 0 N–H and O–H groups in total. The zero-order valence-corrected chi connectivity index (χ0v) is 7.83. The summed E-state index contributed by atoms with van der Waals surface area (Å²) in [5.41, 5.74) is 1.17. The van der Waals surface area contributed by atoms with Crippen molar-refractivity contribution in [3.05, 3.63) is 47.5 Å². The van der Waals surface area contributed by atoms with Gasteiger partial charge in [-0.2, -0.15) is 4.37 Å². The standard InChI is InChI=1S/C10H9NOS/c1-2-4-9(5-3-1)7-12-10-6-11-13-8-10/h1-6,8H,7H2. The Labute approximate surface area is 81.0 Å². The zero-order chi connectivity index (χ0) is 8.93. The van der Waals surface area contributed by atoms with Crippen LogP contribution in [0.4, 0.5) is 0 Å². The maximum atomic E-state index is 5.48. The third kappa shape index (κ3) is 2.29. The van der Waals surface area contributed by atoms with Crippen LogP contribution in [0, 0.1) is 0 Å². The molecule has 2 nitrogen and oxygen atoms in total. The van der Waals surface area contributed by atoms with Gasteiger partial charge in [0.05, 0.1) is 11.6 Å². The van der Waals surface area contributed by atoms with Gasteiger partial charge in [-0.25, -0.2) is 0 Å². The van der Waals surface area contributed by atoms with Gasteiger partial charge in [0, 0.05) is 0 Å². The number of aromatic nitrogens is 1. The summed E-state index contributed by atoms with van der Waals surface area (Å²) in [6, 6.07) is 10.1. The van der Waals surface area contributed by atoms with Gasteiger partial charge in [0.15, 0.2) is 5.75 Å². The van der Waals surface area contributed by atoms with Crippen molar-refractivity contribution in [2.45, 2.75) is 6.61 Å². The van der Waals surface area contributed by atoms with Crippen LogP contribution in [0.15, 0.2) is 41.9 Å². The van der Waals surface area contributed by atoms with Crippen molar-refractivity contribution < 1.29 is 4.74 Å². The largest absolute Gasteiger partial charge is 0.486 e. The van der Waals surface area contributed by atoms with Crippen LogP contribution in [-0.4, -0.2) is 4.37 Å². The molecule has 66 valence electrons. The molecule has 13 heavy (non-hydrogen) atoms. The van der Waals surface area contributed by atoms with Crippen LogP contribution < -0.4 is 4.74 Å². The Kier molecular flexibility index (Phi) is 2.57. The van der Waals surface area contributed by atoms with E-state index in [-0.39, 0.29) is 0 Å². The first-order valence-electron chi connectivity index (χ1n) is 4.01. The summed E-state index contributed by atoms with van der Waals surface area (Å²) in [4.78, 5) is 0. The first kappa shape index (κ1) is 8.26. The molecule has 0 spiro atoms. The predicted octanol–water partition coefficient (Wildman–Crippen LogP) is 2.72. The molecule has 0 bridgehead atoms. The molecule has 0 radical (unpaired) electrons. The lowest BCUT2D eigenvalue weighted by atomic mass is 10.2. The minimum Gasteiger partial charge on any atom is -0.486 e. The van der Waals surface area contributed by atoms with Gasteiger partial charge in [0.1, 0.15) is 6.61 Å². The summed E-state index contributed by atoms with van der Waals surface area (Å²) < 4.78 is 9.43. The van der Waals surface area contributed by atoms with Crippen LogP contribution in [0.5, 0.6) is 5.75 Å². The Bertz CT molecular complexity index is 344. The maximum absolute atomic E-state index is 5.48. The van der Waals surface area contributed by atoms with Crippen molar-refractivity contribution in [3.8, 4) is 5.75 Å². The van der Waals surface area contributed by atoms with Crippen LogP contribution >= 0.6 is 11.5 Å². The third-order valence-corrected chi connectivity index (χ3v) is 2.22. The van der Waals surface area contributed by atoms with Crippen molar-refractivity contribution in [2.24, 2.45) is 0 Å². The Balaban J connectivity index is 1.94. The molecule has 0 unspecified atom stereocenters. The number of ether oxygens (including phenoxy) is 1. The van der Waals surface area contributed by atoms with Crippen molar-refractivity contribution in [2.75, 3.05) is 0 Å². The highest BCUT2D eigenvalue weighted by Crippen LogP contribution is 2.13. The van der Waals surface area contributed by atoms with E-state index in [1.54, 1.807) is 6.20 Å². The second-order valence-electron chi connectivity index (χ2n) is 2.63. The van der Waals surface area contributed by atoms with E-state index in [1.165, 1.54) is 17.1 Å². The Hall–Kier alpha value is -1.35. The maximum Gasteiger partial charge on any atom is 0.150 e. The van der Waals surface area contributed by atoms with E-state index in [4.69, 9.17) is 4.74 Å². The molecule has 2 rings (SSSR count). The van der Waals surface area contributed by atoms with Crippen molar-refractivity contribution in [1.82, 2.24) is 4.37 Å². The predicted molar refractivity (Wildman–Crippen MR) is 52.9 cm³/mol. The Morgan fingerprint density at radius 3 is 2.77 bits per heavy atom. The van der Waals surface area contributed by atoms with Crippen molar-refractivity contribution in [1.29, 1.82) is 0 Å². The normalized spacial score (nSPS) is 9.85. The minimum absolute atomic E-state index is 0.610. The smallest absolute Gasteiger partial charge is 0.150 e. The van der Waals surface area contributed by atoms with Gasteiger partial charge in [0.25, 0.3) is 0 Å². The highest BCUT2D eigenvalue weighted by Gasteiger charge is 1.94. The number of benzene rings is 1. The van der Waals surface area contributed by atoms with Gasteiger partial charge >= 0.3 is 0 Å². The fourth-order valence-corrected chi connectivity index (χ4v) is 1.47. The Morgan fingerprint density at radius 2 is 2.08 bits per heavy atom. The zero-order valence-electron chi connectivity index (χ0n) is 7.01. The molecule has 0 fully saturated rings. The second kappa shape index (κ2) is 4.05. The van der Waals surface area contributed by atoms with E-state index in [0.717, 1.165) is 5.75 Å². The van der Waals surface area contributed by atoms with Gasteiger partial charge in [-0.05, 0) is 17.1 Å². The molecule has 0 aliphatic heterocycles. The summed E-state index contributed by atoms with van der Waals surface area (Å²) in [5.74, 6) is 0.842. The molecular weight excluding hydrogens is 182 g/mol. The first-order valence-corrected chi connectivity index (χ1v) is 4.85. The van der Waals surface area contributed by atoms with E-state index < -0.39 is 0 Å². The number of hydrogen-bond acceptors (Lipinski definition) is 3. The molecule has 1 aromatic carbocycles. The van der Waals surface area contributed by atoms with Gasteiger partial charge in [0.2, 0.25) is 0 Å². The number of hydrogen-bond donors (Lipinski definition) is 0. The average molecular weight is 191 g/mol. The molecule has 2 aromatic rings. The quantitative estimate of drug-likeness (QED) is 0.744. The van der Waals surface area contributed by atoms with Crippen LogP contribution in [0.3, 0.4) is 0 Å². The molecule has 3 heteroatoms. The lowest BCUT2D eigenvalue weighted by Gasteiger charge is -2.01. The highest BCUT2D eigenvalue weighted by atomic mass is 32.1. The third-order valence-electron chi connectivity index (χ3n) is 1.66. The highest BCUT2D eigenvalue weighted by molar-refractivity contribution is 7.03. The van der Waals surface area contributed by atoms with Gasteiger partial charge in [-0.15, -0.1) is 0 Å². The number of rotatable bonds is 3. The van der Waals surface area contributed by atoms with Crippen LogP contribution in [0.1, 0.15) is 5.56 Å². The van der Waals surface area contributed by atoms with Crippen LogP contribution in [0.25, 0.3) is 0 Å². The molecule has 0 aliphatic carbocycles. The molecular formula is C10H9NOS. The average Bonchev–Trinajstić information content (AvgIpc) is 2.69. The van der Waals surface area contributed by atoms with Gasteiger partial charge < -0.3 is 4.74 Å². The topological polar surface area (TPSA) is 22.1 Å². The molecule has 0 atom stereocenters. The van der Waals surface area contributed by atoms with Crippen LogP contribution in [0.2, 0.25) is 0 Å². The van der Waals surface area contributed by atoms with E-state index in [0.29, 0.717) is 6.61 Å². The van der Waals surface area contributed by atoms with E-state index in [9.17, 15) is 0 Å². The van der Waals surface area contributed by atoms with E-state index >= 15 is 0 Å². The van der Waals surface area contributed by atoms with E-state index in [1.807, 2.05) is 35.7 Å².